The quantitative estimate of drug-likeness (QED) is 0.573. The Morgan fingerprint density at radius 1 is 1.17 bits per heavy atom. The van der Waals surface area contributed by atoms with Gasteiger partial charge in [-0.05, 0) is 31.2 Å². The Bertz CT molecular complexity index is 1050. The van der Waals surface area contributed by atoms with Crippen molar-refractivity contribution in [3.05, 3.63) is 35.5 Å². The third kappa shape index (κ3) is 6.44. The number of thioether (sulfide) groups is 1. The Labute approximate surface area is 211 Å². The number of pyridine rings is 2. The van der Waals surface area contributed by atoms with Crippen LogP contribution in [0.2, 0.25) is 0 Å². The molecule has 0 radical (unpaired) electrons. The maximum Gasteiger partial charge on any atom is 0.307 e. The molecule has 2 saturated heterocycles. The maximum absolute atomic E-state index is 15.0. The molecule has 0 unspecified atom stereocenters. The fourth-order valence-corrected chi connectivity index (χ4v) is 5.66. The Balaban J connectivity index is 1.59. The lowest BCUT2D eigenvalue weighted by atomic mass is 9.82. The van der Waals surface area contributed by atoms with Gasteiger partial charge in [0.1, 0.15) is 6.61 Å². The lowest BCUT2D eigenvalue weighted by molar-refractivity contribution is -0.136. The third-order valence-corrected chi connectivity index (χ3v) is 7.94. The minimum Gasteiger partial charge on any atom is -0.481 e. The molecule has 0 saturated carbocycles. The number of aryl methyl sites for hydroxylation is 1. The highest BCUT2D eigenvalue weighted by Crippen LogP contribution is 2.40. The largest absolute Gasteiger partial charge is 0.481 e. The van der Waals surface area contributed by atoms with E-state index in [-0.39, 0.29) is 17.7 Å². The van der Waals surface area contributed by atoms with Gasteiger partial charge in [-0.1, -0.05) is 13.8 Å². The molecule has 190 valence electrons. The first-order valence-electron chi connectivity index (χ1n) is 12.3. The summed E-state index contributed by atoms with van der Waals surface area (Å²) in [5.41, 5.74) is 3.70. The minimum absolute atomic E-state index is 0.00719. The molecule has 2 aromatic heterocycles. The van der Waals surface area contributed by atoms with E-state index < -0.39 is 11.8 Å². The number of carboxylic acid groups (broad SMARTS) is 1. The normalized spacial score (nSPS) is 18.5. The van der Waals surface area contributed by atoms with Crippen LogP contribution in [-0.4, -0.2) is 76.8 Å². The van der Waals surface area contributed by atoms with E-state index in [1.807, 2.05) is 18.7 Å². The summed E-state index contributed by atoms with van der Waals surface area (Å²) in [7, 11) is 0. The molecule has 2 aromatic rings. The van der Waals surface area contributed by atoms with Crippen LogP contribution in [0.25, 0.3) is 11.1 Å². The number of ether oxygens (including phenoxy) is 1. The molecular formula is C26H35FN4O3S. The molecule has 9 heteroatoms. The number of hydrogen-bond donors (Lipinski definition) is 1. The van der Waals surface area contributed by atoms with E-state index in [4.69, 9.17) is 4.74 Å². The molecule has 2 aliphatic heterocycles. The molecule has 4 rings (SSSR count). The molecule has 7 nitrogen and oxygen atoms in total. The van der Waals surface area contributed by atoms with Gasteiger partial charge in [0.2, 0.25) is 5.88 Å². The molecule has 0 aliphatic carbocycles. The van der Waals surface area contributed by atoms with Gasteiger partial charge in [-0.3, -0.25) is 14.7 Å². The average molecular weight is 503 g/mol. The van der Waals surface area contributed by atoms with Crippen molar-refractivity contribution in [2.45, 2.75) is 40.0 Å². The smallest absolute Gasteiger partial charge is 0.307 e. The number of hydrogen-bond acceptors (Lipinski definition) is 7. The summed E-state index contributed by atoms with van der Waals surface area (Å²) in [6.07, 6.45) is 5.17. The number of carboxylic acids is 1. The van der Waals surface area contributed by atoms with Crippen molar-refractivity contribution in [1.82, 2.24) is 14.9 Å². The highest BCUT2D eigenvalue weighted by atomic mass is 32.2. The van der Waals surface area contributed by atoms with E-state index in [1.165, 1.54) is 6.07 Å². The Hall–Kier alpha value is -2.39. The number of nitrogens with zero attached hydrogens (tertiary/aromatic N) is 4. The highest BCUT2D eigenvalue weighted by molar-refractivity contribution is 7.99. The molecule has 0 aromatic carbocycles. The average Bonchev–Trinajstić information content (AvgIpc) is 2.82. The van der Waals surface area contributed by atoms with Crippen LogP contribution >= 0.6 is 11.8 Å². The molecule has 0 amide bonds. The lowest BCUT2D eigenvalue weighted by Gasteiger charge is -2.40. The zero-order valence-corrected chi connectivity index (χ0v) is 21.7. The van der Waals surface area contributed by atoms with E-state index in [0.717, 1.165) is 62.8 Å². The molecule has 0 bridgehead atoms. The summed E-state index contributed by atoms with van der Waals surface area (Å²) in [6.45, 7) is 11.1. The number of aliphatic carboxylic acids is 1. The predicted octanol–water partition coefficient (Wildman–Crippen LogP) is 4.27. The van der Waals surface area contributed by atoms with Gasteiger partial charge in [0, 0.05) is 79.0 Å². The van der Waals surface area contributed by atoms with E-state index in [1.54, 1.807) is 12.4 Å². The van der Waals surface area contributed by atoms with Gasteiger partial charge in [-0.2, -0.15) is 11.8 Å². The molecule has 35 heavy (non-hydrogen) atoms. The lowest BCUT2D eigenvalue weighted by Crippen LogP contribution is -2.38. The molecule has 4 heterocycles. The number of carbonyl (C=O) groups is 1. The van der Waals surface area contributed by atoms with Crippen LogP contribution in [-0.2, 0) is 11.2 Å². The zero-order chi connectivity index (χ0) is 25.0. The number of anilines is 1. The second-order valence-corrected chi connectivity index (χ2v) is 11.3. The number of rotatable bonds is 8. The van der Waals surface area contributed by atoms with Crippen molar-refractivity contribution in [2.75, 3.05) is 55.7 Å². The van der Waals surface area contributed by atoms with Gasteiger partial charge < -0.3 is 14.7 Å². The van der Waals surface area contributed by atoms with E-state index in [2.05, 4.69) is 33.6 Å². The van der Waals surface area contributed by atoms with Gasteiger partial charge in [0.05, 0.1) is 12.1 Å². The van der Waals surface area contributed by atoms with Crippen LogP contribution in [0.5, 0.6) is 5.88 Å². The summed E-state index contributed by atoms with van der Waals surface area (Å²) >= 11 is 1.95. The van der Waals surface area contributed by atoms with Crippen LogP contribution in [0.15, 0.2) is 18.5 Å². The molecule has 2 aliphatic rings. The summed E-state index contributed by atoms with van der Waals surface area (Å²) in [6, 6.07) is 1.42. The van der Waals surface area contributed by atoms with Crippen LogP contribution < -0.4 is 9.64 Å². The molecular weight excluding hydrogens is 467 g/mol. The van der Waals surface area contributed by atoms with Gasteiger partial charge in [0.15, 0.2) is 5.82 Å². The first kappa shape index (κ1) is 25.7. The summed E-state index contributed by atoms with van der Waals surface area (Å²) in [5.74, 6) is 0.792. The molecule has 1 N–H and O–H groups in total. The Morgan fingerprint density at radius 2 is 1.89 bits per heavy atom. The number of aromatic nitrogens is 2. The monoisotopic (exact) mass is 502 g/mol. The molecule has 2 fully saturated rings. The Kier molecular flexibility index (Phi) is 8.16. The predicted molar refractivity (Wildman–Crippen MR) is 138 cm³/mol. The summed E-state index contributed by atoms with van der Waals surface area (Å²) in [5, 5.41) is 9.58. The Morgan fingerprint density at radius 3 is 2.54 bits per heavy atom. The van der Waals surface area contributed by atoms with Gasteiger partial charge in [-0.25, -0.2) is 9.37 Å². The zero-order valence-electron chi connectivity index (χ0n) is 20.8. The SMILES string of the molecule is Cc1ncc(-c2cnc(OCCN3CCSCC3)c(F)c2)c(N2CCC(C)(C)CC2)c1CC(=O)O. The molecule has 0 spiro atoms. The van der Waals surface area contributed by atoms with Gasteiger partial charge in [-0.15, -0.1) is 0 Å². The van der Waals surface area contributed by atoms with Crippen LogP contribution in [0, 0.1) is 18.2 Å². The first-order chi connectivity index (χ1) is 16.7. The highest BCUT2D eigenvalue weighted by Gasteiger charge is 2.29. The second-order valence-electron chi connectivity index (χ2n) is 10.1. The van der Waals surface area contributed by atoms with Crippen molar-refractivity contribution in [3.8, 4) is 17.0 Å². The summed E-state index contributed by atoms with van der Waals surface area (Å²) < 4.78 is 20.7. The van der Waals surface area contributed by atoms with E-state index in [0.29, 0.717) is 29.0 Å². The molecule has 0 atom stereocenters. The topological polar surface area (TPSA) is 78.8 Å². The number of halogens is 1. The summed E-state index contributed by atoms with van der Waals surface area (Å²) in [4.78, 5) is 25.0. The maximum atomic E-state index is 15.0. The first-order valence-corrected chi connectivity index (χ1v) is 13.4. The van der Waals surface area contributed by atoms with Crippen LogP contribution in [0.4, 0.5) is 10.1 Å². The van der Waals surface area contributed by atoms with Crippen molar-refractivity contribution >= 4 is 23.4 Å². The van der Waals surface area contributed by atoms with Crippen LogP contribution in [0.3, 0.4) is 0 Å². The van der Waals surface area contributed by atoms with E-state index >= 15 is 4.39 Å². The van der Waals surface area contributed by atoms with Crippen molar-refractivity contribution < 1.29 is 19.0 Å². The number of piperidine rings is 1. The van der Waals surface area contributed by atoms with Crippen molar-refractivity contribution in [3.63, 3.8) is 0 Å². The van der Waals surface area contributed by atoms with Gasteiger partial charge >= 0.3 is 5.97 Å². The van der Waals surface area contributed by atoms with Crippen LogP contribution in [0.1, 0.15) is 37.9 Å². The fourth-order valence-electron chi connectivity index (χ4n) is 4.68. The van der Waals surface area contributed by atoms with Crippen molar-refractivity contribution in [1.29, 1.82) is 0 Å². The van der Waals surface area contributed by atoms with Crippen molar-refractivity contribution in [2.24, 2.45) is 5.41 Å². The fraction of sp³-hybridized carbons (Fsp3) is 0.577. The van der Waals surface area contributed by atoms with Gasteiger partial charge in [0.25, 0.3) is 0 Å². The second kappa shape index (κ2) is 11.1. The third-order valence-electron chi connectivity index (χ3n) is 6.99. The van der Waals surface area contributed by atoms with E-state index in [9.17, 15) is 9.90 Å². The standard InChI is InChI=1S/C26H35FN4O3S/c1-18-20(15-23(32)33)24(31-6-4-26(2,3)5-7-31)21(17-28-18)19-14-22(27)25(29-16-19)34-11-8-30-9-12-35-13-10-30/h14,16-17H,4-13,15H2,1-3H3,(H,32,33). The minimum atomic E-state index is -0.911.